The second-order valence-corrected chi connectivity index (χ2v) is 6.00. The van der Waals surface area contributed by atoms with E-state index in [1.807, 2.05) is 0 Å². The number of nitrogens with zero attached hydrogens (tertiary/aromatic N) is 1. The number of benzene rings is 1. The quantitative estimate of drug-likeness (QED) is 0.723. The van der Waals surface area contributed by atoms with Gasteiger partial charge in [0.25, 0.3) is 5.56 Å². The minimum atomic E-state index is -0.580. The van der Waals surface area contributed by atoms with E-state index in [-0.39, 0.29) is 16.0 Å². The zero-order chi connectivity index (χ0) is 18.1. The first-order valence-electron chi connectivity index (χ1n) is 7.02. The summed E-state index contributed by atoms with van der Waals surface area (Å²) in [5.74, 6) is 0.350. The number of rotatable bonds is 2. The Bertz CT molecular complexity index is 1190. The Kier molecular flexibility index (Phi) is 4.41. The van der Waals surface area contributed by atoms with Crippen molar-refractivity contribution in [3.8, 4) is 23.3 Å². The Balaban J connectivity index is 2.14. The van der Waals surface area contributed by atoms with Crippen LogP contribution >= 0.6 is 23.2 Å². The predicted molar refractivity (Wildman–Crippen MR) is 95.9 cm³/mol. The minimum absolute atomic E-state index is 0.0987. The molecule has 2 aromatic heterocycles. The Morgan fingerprint density at radius 2 is 2.04 bits per heavy atom. The SMILES string of the molecule is C=c1c(C#N)c(O)[nH]c(=O)/c1=C\c1ccc(-c2ccc(Cl)cc2Cl)o1. The van der Waals surface area contributed by atoms with E-state index in [9.17, 15) is 9.90 Å². The summed E-state index contributed by atoms with van der Waals surface area (Å²) in [7, 11) is 0. The Hall–Kier alpha value is -2.94. The Morgan fingerprint density at radius 1 is 1.28 bits per heavy atom. The van der Waals surface area contributed by atoms with Crippen LogP contribution in [0.1, 0.15) is 11.3 Å². The van der Waals surface area contributed by atoms with Gasteiger partial charge in [0.05, 0.1) is 10.2 Å². The third-order valence-electron chi connectivity index (χ3n) is 3.56. The number of aromatic nitrogens is 1. The lowest BCUT2D eigenvalue weighted by Gasteiger charge is -2.01. The lowest BCUT2D eigenvalue weighted by molar-refractivity contribution is 0.448. The molecule has 0 spiro atoms. The Labute approximate surface area is 151 Å². The lowest BCUT2D eigenvalue weighted by Crippen LogP contribution is -2.41. The first-order chi connectivity index (χ1) is 11.9. The molecule has 1 aromatic carbocycles. The molecule has 0 fully saturated rings. The molecule has 0 atom stereocenters. The van der Waals surface area contributed by atoms with Crippen LogP contribution in [-0.2, 0) is 0 Å². The van der Waals surface area contributed by atoms with Crippen molar-refractivity contribution in [1.82, 2.24) is 4.98 Å². The normalized spacial score (nSPS) is 11.5. The van der Waals surface area contributed by atoms with Crippen LogP contribution in [0.15, 0.2) is 39.5 Å². The van der Waals surface area contributed by atoms with E-state index in [2.05, 4.69) is 11.6 Å². The average molecular weight is 373 g/mol. The summed E-state index contributed by atoms with van der Waals surface area (Å²) in [6.07, 6.45) is 1.44. The number of aromatic hydroxyl groups is 1. The van der Waals surface area contributed by atoms with Gasteiger partial charge in [-0.05, 0) is 36.4 Å². The highest BCUT2D eigenvalue weighted by Crippen LogP contribution is 2.31. The second kappa shape index (κ2) is 6.52. The maximum absolute atomic E-state index is 12.0. The summed E-state index contributed by atoms with van der Waals surface area (Å²) < 4.78 is 5.70. The summed E-state index contributed by atoms with van der Waals surface area (Å²) in [6, 6.07) is 10.2. The number of hydrogen-bond donors (Lipinski definition) is 2. The molecule has 0 aliphatic carbocycles. The monoisotopic (exact) mass is 372 g/mol. The highest BCUT2D eigenvalue weighted by Gasteiger charge is 2.10. The van der Waals surface area contributed by atoms with Gasteiger partial charge in [0, 0.05) is 15.8 Å². The fourth-order valence-electron chi connectivity index (χ4n) is 2.33. The number of nitriles is 1. The zero-order valence-electron chi connectivity index (χ0n) is 12.6. The molecule has 0 aliphatic rings. The number of halogens is 2. The maximum Gasteiger partial charge on any atom is 0.258 e. The first-order valence-corrected chi connectivity index (χ1v) is 7.77. The summed E-state index contributed by atoms with van der Waals surface area (Å²) in [5.41, 5.74) is -0.0276. The van der Waals surface area contributed by atoms with Crippen molar-refractivity contribution in [1.29, 1.82) is 5.26 Å². The van der Waals surface area contributed by atoms with Crippen molar-refractivity contribution >= 4 is 35.9 Å². The van der Waals surface area contributed by atoms with Gasteiger partial charge in [0.2, 0.25) is 5.88 Å². The van der Waals surface area contributed by atoms with Gasteiger partial charge in [-0.2, -0.15) is 5.26 Å². The third-order valence-corrected chi connectivity index (χ3v) is 4.11. The third kappa shape index (κ3) is 3.18. The molecule has 0 saturated heterocycles. The number of pyridine rings is 1. The molecule has 0 amide bonds. The standard InChI is InChI=1S/C18H10Cl2N2O3/c1-9-13(17(23)22-18(24)14(9)8-21)7-11-3-5-16(25-11)12-4-2-10(19)6-15(12)20/h2-7,24H,1H2,(H,22,23)/b13-7-. The van der Waals surface area contributed by atoms with Crippen molar-refractivity contribution in [3.63, 3.8) is 0 Å². The van der Waals surface area contributed by atoms with Crippen molar-refractivity contribution in [2.75, 3.05) is 0 Å². The van der Waals surface area contributed by atoms with Crippen LogP contribution in [0.25, 0.3) is 24.0 Å². The van der Waals surface area contributed by atoms with Crippen molar-refractivity contribution in [2.45, 2.75) is 0 Å². The van der Waals surface area contributed by atoms with E-state index in [1.165, 1.54) is 6.08 Å². The van der Waals surface area contributed by atoms with Crippen molar-refractivity contribution in [3.05, 3.63) is 72.5 Å². The van der Waals surface area contributed by atoms with Gasteiger partial charge in [0.15, 0.2) is 0 Å². The molecule has 0 aliphatic heterocycles. The van der Waals surface area contributed by atoms with Crippen LogP contribution in [0.4, 0.5) is 0 Å². The highest BCUT2D eigenvalue weighted by atomic mass is 35.5. The van der Waals surface area contributed by atoms with Crippen LogP contribution in [0.2, 0.25) is 10.0 Å². The first kappa shape index (κ1) is 16.9. The predicted octanol–water partition coefficient (Wildman–Crippen LogP) is 2.76. The van der Waals surface area contributed by atoms with E-state index < -0.39 is 11.4 Å². The molecule has 7 heteroatoms. The van der Waals surface area contributed by atoms with E-state index >= 15 is 0 Å². The second-order valence-electron chi connectivity index (χ2n) is 5.15. The summed E-state index contributed by atoms with van der Waals surface area (Å²) >= 11 is 12.0. The summed E-state index contributed by atoms with van der Waals surface area (Å²) in [5, 5.41) is 19.8. The van der Waals surface area contributed by atoms with Gasteiger partial charge in [-0.15, -0.1) is 0 Å². The van der Waals surface area contributed by atoms with E-state index in [0.29, 0.717) is 27.1 Å². The largest absolute Gasteiger partial charge is 0.494 e. The van der Waals surface area contributed by atoms with E-state index in [0.717, 1.165) is 0 Å². The molecule has 3 rings (SSSR count). The molecule has 0 saturated carbocycles. The highest BCUT2D eigenvalue weighted by molar-refractivity contribution is 6.36. The fraction of sp³-hybridized carbons (Fsp3) is 0. The van der Waals surface area contributed by atoms with Crippen LogP contribution in [0, 0.1) is 11.3 Å². The lowest BCUT2D eigenvalue weighted by atomic mass is 10.2. The molecule has 2 N–H and O–H groups in total. The maximum atomic E-state index is 12.0. The molecule has 124 valence electrons. The fourth-order valence-corrected chi connectivity index (χ4v) is 2.83. The van der Waals surface area contributed by atoms with Gasteiger partial charge < -0.3 is 9.52 Å². The van der Waals surface area contributed by atoms with E-state index in [4.69, 9.17) is 32.9 Å². The van der Waals surface area contributed by atoms with E-state index in [1.54, 1.807) is 36.4 Å². The molecular formula is C18H10Cl2N2O3. The number of hydrogen-bond acceptors (Lipinski definition) is 4. The number of nitrogens with one attached hydrogen (secondary N) is 1. The Morgan fingerprint density at radius 3 is 2.72 bits per heavy atom. The molecule has 3 aromatic rings. The number of furan rings is 1. The van der Waals surface area contributed by atoms with Crippen LogP contribution in [0.5, 0.6) is 5.88 Å². The average Bonchev–Trinajstić information content (AvgIpc) is 3.00. The smallest absolute Gasteiger partial charge is 0.258 e. The molecular weight excluding hydrogens is 363 g/mol. The van der Waals surface area contributed by atoms with Crippen LogP contribution in [-0.4, -0.2) is 10.1 Å². The zero-order valence-corrected chi connectivity index (χ0v) is 14.1. The minimum Gasteiger partial charge on any atom is -0.494 e. The molecule has 5 nitrogen and oxygen atoms in total. The topological polar surface area (TPSA) is 90.0 Å². The van der Waals surface area contributed by atoms with Crippen LogP contribution in [0.3, 0.4) is 0 Å². The molecule has 2 heterocycles. The van der Waals surface area contributed by atoms with Gasteiger partial charge in [-0.3, -0.25) is 9.78 Å². The van der Waals surface area contributed by atoms with Gasteiger partial charge in [0.1, 0.15) is 23.2 Å². The molecule has 0 bridgehead atoms. The molecule has 25 heavy (non-hydrogen) atoms. The van der Waals surface area contributed by atoms with Crippen molar-refractivity contribution in [2.24, 2.45) is 0 Å². The van der Waals surface area contributed by atoms with Crippen molar-refractivity contribution < 1.29 is 9.52 Å². The van der Waals surface area contributed by atoms with Crippen LogP contribution < -0.4 is 16.0 Å². The molecule has 0 radical (unpaired) electrons. The van der Waals surface area contributed by atoms with Gasteiger partial charge >= 0.3 is 0 Å². The van der Waals surface area contributed by atoms with Gasteiger partial charge in [-0.25, -0.2) is 0 Å². The van der Waals surface area contributed by atoms with Gasteiger partial charge in [-0.1, -0.05) is 29.8 Å². The number of H-pyrrole nitrogens is 1. The summed E-state index contributed by atoms with van der Waals surface area (Å²) in [6.45, 7) is 3.69. The summed E-state index contributed by atoms with van der Waals surface area (Å²) in [4.78, 5) is 14.2. The number of aromatic amines is 1. The molecule has 0 unspecified atom stereocenters.